The highest BCUT2D eigenvalue weighted by atomic mass is 19.2. The van der Waals surface area contributed by atoms with Crippen molar-refractivity contribution in [3.63, 3.8) is 0 Å². The van der Waals surface area contributed by atoms with Gasteiger partial charge in [-0.25, -0.2) is 8.78 Å². The van der Waals surface area contributed by atoms with Crippen LogP contribution in [0.25, 0.3) is 0 Å². The lowest BCUT2D eigenvalue weighted by atomic mass is 9.66. The maximum Gasteiger partial charge on any atom is 0.307 e. The highest BCUT2D eigenvalue weighted by Crippen LogP contribution is 2.45. The van der Waals surface area contributed by atoms with E-state index in [0.717, 1.165) is 56.9 Å². The molecule has 2 nitrogen and oxygen atoms in total. The fourth-order valence-electron chi connectivity index (χ4n) is 5.38. The summed E-state index contributed by atoms with van der Waals surface area (Å²) >= 11 is 0. The third-order valence-corrected chi connectivity index (χ3v) is 6.98. The zero-order chi connectivity index (χ0) is 19.4. The van der Waals surface area contributed by atoms with Crippen LogP contribution in [-0.2, 0) is 4.79 Å². The lowest BCUT2D eigenvalue weighted by Crippen LogP contribution is -2.30. The number of rotatable bonds is 6. The summed E-state index contributed by atoms with van der Waals surface area (Å²) in [5.74, 6) is -0.522. The molecule has 0 amide bonds. The molecule has 0 spiro atoms. The van der Waals surface area contributed by atoms with Crippen molar-refractivity contribution in [3.8, 4) is 0 Å². The number of hydrogen-bond donors (Lipinski definition) is 1. The third-order valence-electron chi connectivity index (χ3n) is 6.98. The number of hydrogen-bond acceptors (Lipinski definition) is 1. The molecule has 1 atom stereocenters. The number of allylic oxidation sites excluding steroid dienone is 1. The Morgan fingerprint density at radius 1 is 1.04 bits per heavy atom. The minimum atomic E-state index is -0.777. The summed E-state index contributed by atoms with van der Waals surface area (Å²) in [5.41, 5.74) is 0.921. The summed E-state index contributed by atoms with van der Waals surface area (Å²) in [6.07, 6.45) is 10.8. The minimum Gasteiger partial charge on any atom is -0.481 e. The molecule has 2 aliphatic rings. The van der Waals surface area contributed by atoms with Crippen LogP contribution in [0.2, 0.25) is 0 Å². The van der Waals surface area contributed by atoms with Crippen LogP contribution in [0.1, 0.15) is 69.3 Å². The van der Waals surface area contributed by atoms with E-state index < -0.39 is 17.6 Å². The molecule has 1 unspecified atom stereocenters. The molecular weight excluding hydrogens is 346 g/mol. The van der Waals surface area contributed by atoms with Crippen molar-refractivity contribution in [3.05, 3.63) is 48.1 Å². The number of carbonyl (C=O) groups is 1. The molecule has 0 radical (unpaired) electrons. The van der Waals surface area contributed by atoms with Gasteiger partial charge in [0.25, 0.3) is 0 Å². The first-order chi connectivity index (χ1) is 13.0. The molecule has 1 N–H and O–H groups in total. The Morgan fingerprint density at radius 3 is 2.15 bits per heavy atom. The predicted octanol–water partition coefficient (Wildman–Crippen LogP) is 6.32. The van der Waals surface area contributed by atoms with Crippen LogP contribution in [0.4, 0.5) is 8.78 Å². The molecule has 3 rings (SSSR count). The number of carboxylic acids is 1. The van der Waals surface area contributed by atoms with Crippen molar-refractivity contribution in [2.45, 2.75) is 63.7 Å². The van der Waals surface area contributed by atoms with Gasteiger partial charge in [0.05, 0.1) is 5.92 Å². The SMILES string of the molecule is C=CCC(C(=O)O)C1CCC([C@H]2CC[C@H](c3ccc(F)c(F)c3)CC2)CC1. The van der Waals surface area contributed by atoms with Gasteiger partial charge in [-0.15, -0.1) is 6.58 Å². The normalized spacial score (nSPS) is 29.9. The molecule has 0 bridgehead atoms. The second-order valence-electron chi connectivity index (χ2n) is 8.43. The van der Waals surface area contributed by atoms with Crippen LogP contribution in [0.5, 0.6) is 0 Å². The van der Waals surface area contributed by atoms with Crippen molar-refractivity contribution >= 4 is 5.97 Å². The molecule has 2 aliphatic carbocycles. The first-order valence-corrected chi connectivity index (χ1v) is 10.3. The van der Waals surface area contributed by atoms with Gasteiger partial charge in [0.15, 0.2) is 11.6 Å². The monoisotopic (exact) mass is 376 g/mol. The van der Waals surface area contributed by atoms with E-state index in [2.05, 4.69) is 6.58 Å². The lowest BCUT2D eigenvalue weighted by Gasteiger charge is -2.39. The Labute approximate surface area is 160 Å². The van der Waals surface area contributed by atoms with E-state index in [-0.39, 0.29) is 11.8 Å². The summed E-state index contributed by atoms with van der Waals surface area (Å²) in [6.45, 7) is 3.70. The van der Waals surface area contributed by atoms with Crippen LogP contribution < -0.4 is 0 Å². The predicted molar refractivity (Wildman–Crippen MR) is 102 cm³/mol. The van der Waals surface area contributed by atoms with Gasteiger partial charge in [0.1, 0.15) is 0 Å². The van der Waals surface area contributed by atoms with Crippen LogP contribution >= 0.6 is 0 Å². The molecular formula is C23H30F2O2. The highest BCUT2D eigenvalue weighted by molar-refractivity contribution is 5.70. The van der Waals surface area contributed by atoms with E-state index in [4.69, 9.17) is 0 Å². The van der Waals surface area contributed by atoms with Gasteiger partial charge in [0, 0.05) is 0 Å². The first kappa shape index (κ1) is 20.0. The number of carboxylic acid groups (broad SMARTS) is 1. The molecule has 2 fully saturated rings. The van der Waals surface area contributed by atoms with Crippen LogP contribution in [0.3, 0.4) is 0 Å². The average Bonchev–Trinajstić information content (AvgIpc) is 2.68. The summed E-state index contributed by atoms with van der Waals surface area (Å²) in [4.78, 5) is 11.5. The number of benzene rings is 1. The Kier molecular flexibility index (Phi) is 6.67. The average molecular weight is 376 g/mol. The summed E-state index contributed by atoms with van der Waals surface area (Å²) in [5, 5.41) is 9.45. The smallest absolute Gasteiger partial charge is 0.307 e. The zero-order valence-electron chi connectivity index (χ0n) is 15.9. The minimum absolute atomic E-state index is 0.273. The largest absolute Gasteiger partial charge is 0.481 e. The van der Waals surface area contributed by atoms with E-state index in [1.54, 1.807) is 12.1 Å². The van der Waals surface area contributed by atoms with Gasteiger partial charge >= 0.3 is 5.97 Å². The third kappa shape index (κ3) is 4.77. The molecule has 0 aromatic heterocycles. The van der Waals surface area contributed by atoms with Gasteiger partial charge in [-0.1, -0.05) is 12.1 Å². The van der Waals surface area contributed by atoms with E-state index in [1.807, 2.05) is 0 Å². The molecule has 4 heteroatoms. The fraction of sp³-hybridized carbons (Fsp3) is 0.609. The Bertz CT molecular complexity index is 656. The van der Waals surface area contributed by atoms with Gasteiger partial charge < -0.3 is 5.11 Å². The first-order valence-electron chi connectivity index (χ1n) is 10.3. The zero-order valence-corrected chi connectivity index (χ0v) is 15.9. The van der Waals surface area contributed by atoms with Crippen molar-refractivity contribution < 1.29 is 18.7 Å². The molecule has 2 saturated carbocycles. The number of halogens is 2. The quantitative estimate of drug-likeness (QED) is 0.590. The second kappa shape index (κ2) is 8.99. The topological polar surface area (TPSA) is 37.3 Å². The Hall–Kier alpha value is -1.71. The lowest BCUT2D eigenvalue weighted by molar-refractivity contribution is -0.144. The second-order valence-corrected chi connectivity index (χ2v) is 8.43. The van der Waals surface area contributed by atoms with E-state index in [1.165, 1.54) is 12.1 Å². The molecule has 1 aromatic rings. The molecule has 0 aliphatic heterocycles. The molecule has 148 valence electrons. The Morgan fingerprint density at radius 2 is 1.63 bits per heavy atom. The van der Waals surface area contributed by atoms with E-state index >= 15 is 0 Å². The fourth-order valence-corrected chi connectivity index (χ4v) is 5.38. The maximum absolute atomic E-state index is 13.5. The highest BCUT2D eigenvalue weighted by Gasteiger charge is 2.35. The van der Waals surface area contributed by atoms with Crippen molar-refractivity contribution in [1.29, 1.82) is 0 Å². The summed E-state index contributed by atoms with van der Waals surface area (Å²) in [7, 11) is 0. The van der Waals surface area contributed by atoms with E-state index in [0.29, 0.717) is 24.2 Å². The van der Waals surface area contributed by atoms with E-state index in [9.17, 15) is 18.7 Å². The Balaban J connectivity index is 1.50. The van der Waals surface area contributed by atoms with Crippen LogP contribution in [0.15, 0.2) is 30.9 Å². The van der Waals surface area contributed by atoms with Gasteiger partial charge in [-0.3, -0.25) is 4.79 Å². The molecule has 1 aromatic carbocycles. The van der Waals surface area contributed by atoms with Crippen molar-refractivity contribution in [1.82, 2.24) is 0 Å². The number of aliphatic carboxylic acids is 1. The summed E-state index contributed by atoms with van der Waals surface area (Å²) in [6, 6.07) is 4.32. The maximum atomic E-state index is 13.5. The van der Waals surface area contributed by atoms with Gasteiger partial charge in [-0.2, -0.15) is 0 Å². The molecule has 0 heterocycles. The van der Waals surface area contributed by atoms with Gasteiger partial charge in [0.2, 0.25) is 0 Å². The molecule has 0 saturated heterocycles. The van der Waals surface area contributed by atoms with Crippen LogP contribution in [-0.4, -0.2) is 11.1 Å². The molecule has 27 heavy (non-hydrogen) atoms. The summed E-state index contributed by atoms with van der Waals surface area (Å²) < 4.78 is 26.6. The van der Waals surface area contributed by atoms with Crippen LogP contribution in [0, 0.1) is 35.3 Å². The van der Waals surface area contributed by atoms with Crippen molar-refractivity contribution in [2.24, 2.45) is 23.7 Å². The standard InChI is InChI=1S/C23H30F2O2/c1-2-3-20(23(26)27)18-10-8-16(9-11-18)15-4-6-17(7-5-15)19-12-13-21(24)22(25)14-19/h2,12-18,20H,1,3-11H2,(H,26,27)/t15-,16?,17-,18?,20?. The van der Waals surface area contributed by atoms with Gasteiger partial charge in [-0.05, 0) is 99.2 Å². The van der Waals surface area contributed by atoms with Crippen molar-refractivity contribution in [2.75, 3.05) is 0 Å².